The lowest BCUT2D eigenvalue weighted by Crippen LogP contribution is -2.10. The average molecular weight is 635 g/mol. The van der Waals surface area contributed by atoms with Gasteiger partial charge in [-0.05, 0) is 48.6 Å². The molecule has 2 nitrogen and oxygen atoms in total. The molecule has 1 aromatic rings. The zero-order chi connectivity index (χ0) is 25.9. The number of benzene rings is 1. The highest BCUT2D eigenvalue weighted by Gasteiger charge is 2.34. The highest BCUT2D eigenvalue weighted by Crippen LogP contribution is 2.52. The van der Waals surface area contributed by atoms with Gasteiger partial charge in [0.25, 0.3) is 0 Å². The summed E-state index contributed by atoms with van der Waals surface area (Å²) in [6.07, 6.45) is 9.43. The molecule has 198 valence electrons. The highest BCUT2D eigenvalue weighted by molar-refractivity contribution is 8.22. The molecule has 0 N–H and O–H groups in total. The highest BCUT2D eigenvalue weighted by atomic mass is 32.2. The number of hydrogen-bond donors (Lipinski definition) is 0. The minimum atomic E-state index is 0.0803. The molecule has 3 rings (SSSR count). The Bertz CT molecular complexity index is 806. The second-order valence-electron chi connectivity index (χ2n) is 8.22. The standard InChI is InChI=1S/C26H34O2S8/c1-5-21(27)31-13-11-19-15-33-25(35-19)23(29-3)17-7-9-18(10-8-17)24(30-4)26-34-16-20(36-26)12-14-32-22(28)6-2/h5-10,19-20,23-26H,1-2,11-16H2,3-4H3. The number of carbonyl (C=O) groups is 2. The van der Waals surface area contributed by atoms with Crippen LogP contribution >= 0.6 is 94.1 Å². The van der Waals surface area contributed by atoms with Crippen molar-refractivity contribution < 1.29 is 9.59 Å². The molecule has 2 fully saturated rings. The summed E-state index contributed by atoms with van der Waals surface area (Å²) < 4.78 is 1.11. The summed E-state index contributed by atoms with van der Waals surface area (Å²) in [5.41, 5.74) is 2.84. The van der Waals surface area contributed by atoms with Gasteiger partial charge in [0, 0.05) is 33.5 Å². The van der Waals surface area contributed by atoms with Crippen LogP contribution in [0.15, 0.2) is 49.6 Å². The van der Waals surface area contributed by atoms with Crippen molar-refractivity contribution in [3.8, 4) is 0 Å². The summed E-state index contributed by atoms with van der Waals surface area (Å²) in [6, 6.07) is 9.41. The molecular weight excluding hydrogens is 601 g/mol. The summed E-state index contributed by atoms with van der Waals surface area (Å²) in [6.45, 7) is 7.12. The molecule has 6 atom stereocenters. The molecule has 0 aromatic heterocycles. The Morgan fingerprint density at radius 3 is 1.56 bits per heavy atom. The lowest BCUT2D eigenvalue weighted by atomic mass is 10.1. The Hall–Kier alpha value is 0.840. The third kappa shape index (κ3) is 9.49. The predicted molar refractivity (Wildman–Crippen MR) is 179 cm³/mol. The Morgan fingerprint density at radius 2 is 1.22 bits per heavy atom. The number of carbonyl (C=O) groups excluding carboxylic acids is 2. The van der Waals surface area contributed by atoms with Gasteiger partial charge in [-0.3, -0.25) is 9.59 Å². The molecule has 0 spiro atoms. The Labute approximate surface area is 251 Å². The Morgan fingerprint density at radius 1 is 0.833 bits per heavy atom. The zero-order valence-corrected chi connectivity index (χ0v) is 27.2. The monoisotopic (exact) mass is 634 g/mol. The van der Waals surface area contributed by atoms with E-state index < -0.39 is 0 Å². The van der Waals surface area contributed by atoms with E-state index in [1.165, 1.54) is 58.3 Å². The first kappa shape index (κ1) is 31.4. The second kappa shape index (κ2) is 16.8. The molecule has 1 aromatic carbocycles. The summed E-state index contributed by atoms with van der Waals surface area (Å²) in [5.74, 6) is 4.10. The molecule has 0 amide bonds. The van der Waals surface area contributed by atoms with Gasteiger partial charge >= 0.3 is 0 Å². The van der Waals surface area contributed by atoms with Crippen LogP contribution in [0.4, 0.5) is 0 Å². The van der Waals surface area contributed by atoms with Crippen LogP contribution in [-0.2, 0) is 9.59 Å². The molecular formula is C26H34O2S8. The van der Waals surface area contributed by atoms with E-state index in [0.29, 0.717) is 30.2 Å². The van der Waals surface area contributed by atoms with Gasteiger partial charge < -0.3 is 0 Å². The van der Waals surface area contributed by atoms with Crippen molar-refractivity contribution in [1.82, 2.24) is 0 Å². The van der Waals surface area contributed by atoms with Gasteiger partial charge in [0.15, 0.2) is 0 Å². The van der Waals surface area contributed by atoms with Crippen molar-refractivity contribution in [2.75, 3.05) is 35.5 Å². The van der Waals surface area contributed by atoms with Crippen molar-refractivity contribution in [2.45, 2.75) is 43.0 Å². The van der Waals surface area contributed by atoms with Crippen LogP contribution < -0.4 is 0 Å². The van der Waals surface area contributed by atoms with Gasteiger partial charge in [-0.15, -0.1) is 47.0 Å². The van der Waals surface area contributed by atoms with Crippen molar-refractivity contribution in [3.63, 3.8) is 0 Å². The molecule has 36 heavy (non-hydrogen) atoms. The number of hydrogen-bond acceptors (Lipinski definition) is 10. The molecule has 0 saturated carbocycles. The van der Waals surface area contributed by atoms with Crippen molar-refractivity contribution >= 4 is 104 Å². The van der Waals surface area contributed by atoms with Gasteiger partial charge in [-0.1, -0.05) is 60.9 Å². The summed E-state index contributed by atoms with van der Waals surface area (Å²) in [5, 5.41) is 2.36. The third-order valence-corrected chi connectivity index (χ3v) is 17.4. The quantitative estimate of drug-likeness (QED) is 0.186. The van der Waals surface area contributed by atoms with Gasteiger partial charge in [0.1, 0.15) is 0 Å². The van der Waals surface area contributed by atoms with Crippen LogP contribution in [0.25, 0.3) is 0 Å². The van der Waals surface area contributed by atoms with Crippen LogP contribution in [-0.4, -0.2) is 65.4 Å². The van der Waals surface area contributed by atoms with E-state index in [-0.39, 0.29) is 10.2 Å². The normalized spacial score (nSPS) is 25.4. The van der Waals surface area contributed by atoms with Crippen LogP contribution in [0.3, 0.4) is 0 Å². The van der Waals surface area contributed by atoms with Crippen molar-refractivity contribution in [1.29, 1.82) is 0 Å². The lowest BCUT2D eigenvalue weighted by Gasteiger charge is -2.24. The van der Waals surface area contributed by atoms with E-state index >= 15 is 0 Å². The molecule has 0 bridgehead atoms. The minimum absolute atomic E-state index is 0.0803. The molecule has 2 heterocycles. The molecule has 0 radical (unpaired) electrons. The molecule has 2 aliphatic heterocycles. The number of rotatable bonds is 14. The zero-order valence-electron chi connectivity index (χ0n) is 20.7. The first-order valence-electron chi connectivity index (χ1n) is 11.8. The maximum Gasteiger partial charge on any atom is 0.211 e. The van der Waals surface area contributed by atoms with Gasteiger partial charge in [-0.25, -0.2) is 0 Å². The number of thioether (sulfide) groups is 8. The second-order valence-corrected chi connectivity index (χ2v) is 18.2. The summed E-state index contributed by atoms with van der Waals surface area (Å²) in [4.78, 5) is 22.9. The molecule has 6 unspecified atom stereocenters. The van der Waals surface area contributed by atoms with Gasteiger partial charge in [0.05, 0.1) is 19.7 Å². The van der Waals surface area contributed by atoms with Crippen molar-refractivity contribution in [3.05, 3.63) is 60.7 Å². The lowest BCUT2D eigenvalue weighted by molar-refractivity contribution is -0.107. The summed E-state index contributed by atoms with van der Waals surface area (Å²) >= 11 is 15.0. The summed E-state index contributed by atoms with van der Waals surface area (Å²) in [7, 11) is 0. The van der Waals surface area contributed by atoms with Crippen LogP contribution in [0.1, 0.15) is 34.5 Å². The minimum Gasteiger partial charge on any atom is -0.282 e. The van der Waals surface area contributed by atoms with E-state index in [9.17, 15) is 9.59 Å². The predicted octanol–water partition coefficient (Wildman–Crippen LogP) is 8.52. The molecule has 0 aliphatic carbocycles. The molecule has 2 aliphatic rings. The first-order chi connectivity index (χ1) is 17.5. The average Bonchev–Trinajstić information content (AvgIpc) is 3.56. The van der Waals surface area contributed by atoms with E-state index in [4.69, 9.17) is 0 Å². The van der Waals surface area contributed by atoms with Crippen LogP contribution in [0, 0.1) is 0 Å². The van der Waals surface area contributed by atoms with E-state index in [0.717, 1.165) is 24.3 Å². The Kier molecular flexibility index (Phi) is 14.7. The van der Waals surface area contributed by atoms with E-state index in [1.54, 1.807) is 0 Å². The fourth-order valence-electron chi connectivity index (χ4n) is 3.94. The SMILES string of the molecule is C=CC(=O)SCCC1CSC(C(SC)c2ccc(C(SC)C3SCC(CCSC(=O)C=C)S3)cc2)S1. The molecule has 2 saturated heterocycles. The maximum absolute atomic E-state index is 11.5. The maximum atomic E-state index is 11.5. The first-order valence-corrected chi connectivity index (χ1v) is 20.3. The third-order valence-electron chi connectivity index (χ3n) is 5.84. The fourth-order valence-corrected chi connectivity index (χ4v) is 16.0. The fraction of sp³-hybridized carbons (Fsp3) is 0.538. The van der Waals surface area contributed by atoms with Crippen molar-refractivity contribution in [2.24, 2.45) is 0 Å². The largest absolute Gasteiger partial charge is 0.282 e. The smallest absolute Gasteiger partial charge is 0.211 e. The van der Waals surface area contributed by atoms with Gasteiger partial charge in [0.2, 0.25) is 10.2 Å². The van der Waals surface area contributed by atoms with Crippen LogP contribution in [0.2, 0.25) is 0 Å². The molecule has 10 heteroatoms. The van der Waals surface area contributed by atoms with E-state index in [2.05, 4.69) is 97.0 Å². The topological polar surface area (TPSA) is 34.1 Å². The van der Waals surface area contributed by atoms with Gasteiger partial charge in [-0.2, -0.15) is 23.5 Å². The Balaban J connectivity index is 1.52. The van der Waals surface area contributed by atoms with Crippen LogP contribution in [0.5, 0.6) is 0 Å². The van der Waals surface area contributed by atoms with E-state index in [1.807, 2.05) is 23.5 Å².